The lowest BCUT2D eigenvalue weighted by Gasteiger charge is -2.34. The highest BCUT2D eigenvalue weighted by atomic mass is 79.9. The average Bonchev–Trinajstić information content (AvgIpc) is 2.50. The number of hydrogen-bond acceptors (Lipinski definition) is 4. The van der Waals surface area contributed by atoms with Gasteiger partial charge in [0.05, 0.1) is 18.0 Å². The van der Waals surface area contributed by atoms with Crippen LogP contribution in [-0.2, 0) is 16.1 Å². The lowest BCUT2D eigenvalue weighted by atomic mass is 10.2. The first-order valence-corrected chi connectivity index (χ1v) is 7.83. The number of ether oxygens (including phenoxy) is 1. The monoisotopic (exact) mass is 358 g/mol. The molecule has 4 nitrogen and oxygen atoms in total. The first kappa shape index (κ1) is 16.4. The summed E-state index contributed by atoms with van der Waals surface area (Å²) in [5.74, 6) is -0.389. The first-order chi connectivity index (χ1) is 10.1. The number of esters is 1. The van der Waals surface area contributed by atoms with Crippen molar-refractivity contribution in [2.24, 2.45) is 0 Å². The van der Waals surface area contributed by atoms with Crippen LogP contribution in [0.5, 0.6) is 0 Å². The molecule has 1 aromatic carbocycles. The fraction of sp³-hybridized carbons (Fsp3) is 0.533. The van der Waals surface area contributed by atoms with Gasteiger partial charge in [0, 0.05) is 39.3 Å². The Kier molecular flexibility index (Phi) is 6.14. The highest BCUT2D eigenvalue weighted by Gasteiger charge is 2.17. The minimum absolute atomic E-state index is 0.159. The predicted molar refractivity (Wildman–Crippen MR) is 82.5 cm³/mol. The molecule has 2 rings (SSSR count). The summed E-state index contributed by atoms with van der Waals surface area (Å²) in [5, 5.41) is 0. The van der Waals surface area contributed by atoms with Crippen molar-refractivity contribution in [2.45, 2.75) is 13.0 Å². The van der Waals surface area contributed by atoms with Crippen molar-refractivity contribution >= 4 is 21.9 Å². The Morgan fingerprint density at radius 3 is 2.57 bits per heavy atom. The molecular formula is C15H20BrFN2O2. The van der Waals surface area contributed by atoms with Crippen LogP contribution in [0.25, 0.3) is 0 Å². The van der Waals surface area contributed by atoms with Gasteiger partial charge in [-0.1, -0.05) is 6.07 Å². The summed E-state index contributed by atoms with van der Waals surface area (Å²) in [6.45, 7) is 5.37. The van der Waals surface area contributed by atoms with Gasteiger partial charge < -0.3 is 9.64 Å². The maximum Gasteiger partial charge on any atom is 0.306 e. The van der Waals surface area contributed by atoms with E-state index in [1.807, 2.05) is 12.1 Å². The molecule has 0 unspecified atom stereocenters. The van der Waals surface area contributed by atoms with E-state index in [1.165, 1.54) is 13.2 Å². The molecule has 0 radical (unpaired) electrons. The Labute approximate surface area is 133 Å². The maximum absolute atomic E-state index is 13.2. The summed E-state index contributed by atoms with van der Waals surface area (Å²) in [7, 11) is 1.42. The summed E-state index contributed by atoms with van der Waals surface area (Å²) in [6.07, 6.45) is 0.446. The number of piperazine rings is 1. The van der Waals surface area contributed by atoms with E-state index >= 15 is 0 Å². The Bertz CT molecular complexity index is 491. The van der Waals surface area contributed by atoms with Crippen LogP contribution in [-0.4, -0.2) is 55.6 Å². The number of carbonyl (C=O) groups excluding carboxylic acids is 1. The van der Waals surface area contributed by atoms with Gasteiger partial charge in [-0.15, -0.1) is 0 Å². The van der Waals surface area contributed by atoms with Crippen molar-refractivity contribution in [1.82, 2.24) is 9.80 Å². The molecule has 0 saturated carbocycles. The van der Waals surface area contributed by atoms with Crippen molar-refractivity contribution < 1.29 is 13.9 Å². The zero-order valence-electron chi connectivity index (χ0n) is 12.1. The largest absolute Gasteiger partial charge is 0.469 e. The lowest BCUT2D eigenvalue weighted by Crippen LogP contribution is -2.46. The molecular weight excluding hydrogens is 339 g/mol. The van der Waals surface area contributed by atoms with Gasteiger partial charge in [0.1, 0.15) is 5.82 Å². The topological polar surface area (TPSA) is 32.8 Å². The second kappa shape index (κ2) is 7.87. The van der Waals surface area contributed by atoms with Crippen LogP contribution >= 0.6 is 15.9 Å². The zero-order valence-corrected chi connectivity index (χ0v) is 13.7. The number of carbonyl (C=O) groups is 1. The molecule has 1 aliphatic rings. The first-order valence-electron chi connectivity index (χ1n) is 7.04. The minimum Gasteiger partial charge on any atom is -0.469 e. The van der Waals surface area contributed by atoms with Gasteiger partial charge in [-0.05, 0) is 33.6 Å². The third kappa shape index (κ3) is 5.05. The van der Waals surface area contributed by atoms with E-state index < -0.39 is 0 Å². The van der Waals surface area contributed by atoms with Crippen LogP contribution in [0.1, 0.15) is 12.0 Å². The van der Waals surface area contributed by atoms with Crippen molar-refractivity contribution in [3.05, 3.63) is 34.1 Å². The predicted octanol–water partition coefficient (Wildman–Crippen LogP) is 2.27. The summed E-state index contributed by atoms with van der Waals surface area (Å²) in [4.78, 5) is 15.7. The Hall–Kier alpha value is -0.980. The summed E-state index contributed by atoms with van der Waals surface area (Å²) in [5.41, 5.74) is 1.10. The fourth-order valence-corrected chi connectivity index (χ4v) is 2.84. The van der Waals surface area contributed by atoms with Crippen LogP contribution in [0, 0.1) is 5.82 Å². The molecule has 1 fully saturated rings. The van der Waals surface area contributed by atoms with Crippen molar-refractivity contribution in [3.63, 3.8) is 0 Å². The molecule has 1 aliphatic heterocycles. The molecule has 1 saturated heterocycles. The van der Waals surface area contributed by atoms with E-state index in [0.717, 1.165) is 44.8 Å². The molecule has 0 amide bonds. The average molecular weight is 359 g/mol. The van der Waals surface area contributed by atoms with Gasteiger partial charge in [0.15, 0.2) is 0 Å². The van der Waals surface area contributed by atoms with E-state index in [4.69, 9.17) is 0 Å². The molecule has 0 bridgehead atoms. The quantitative estimate of drug-likeness (QED) is 0.756. The van der Waals surface area contributed by atoms with Gasteiger partial charge >= 0.3 is 5.97 Å². The second-order valence-electron chi connectivity index (χ2n) is 5.19. The Morgan fingerprint density at radius 1 is 1.29 bits per heavy atom. The van der Waals surface area contributed by atoms with Crippen molar-refractivity contribution in [3.8, 4) is 0 Å². The number of benzene rings is 1. The normalized spacial score (nSPS) is 16.9. The molecule has 1 heterocycles. The SMILES string of the molecule is COC(=O)CCN1CCN(Cc2ccc(F)c(Br)c2)CC1. The van der Waals surface area contributed by atoms with Crippen molar-refractivity contribution in [2.75, 3.05) is 39.8 Å². The third-order valence-electron chi connectivity index (χ3n) is 3.71. The minimum atomic E-state index is -0.230. The van der Waals surface area contributed by atoms with Crippen molar-refractivity contribution in [1.29, 1.82) is 0 Å². The molecule has 21 heavy (non-hydrogen) atoms. The van der Waals surface area contributed by atoms with Crippen LogP contribution in [0.3, 0.4) is 0 Å². The second-order valence-corrected chi connectivity index (χ2v) is 6.05. The van der Waals surface area contributed by atoms with E-state index in [0.29, 0.717) is 10.9 Å². The van der Waals surface area contributed by atoms with Crippen LogP contribution in [0.2, 0.25) is 0 Å². The number of halogens is 2. The summed E-state index contributed by atoms with van der Waals surface area (Å²) < 4.78 is 18.4. The third-order valence-corrected chi connectivity index (χ3v) is 4.32. The molecule has 6 heteroatoms. The maximum atomic E-state index is 13.2. The molecule has 0 N–H and O–H groups in total. The van der Waals surface area contributed by atoms with E-state index in [9.17, 15) is 9.18 Å². The fourth-order valence-electron chi connectivity index (χ4n) is 2.42. The van der Waals surface area contributed by atoms with Crippen LogP contribution in [0.4, 0.5) is 4.39 Å². The van der Waals surface area contributed by atoms with E-state index in [1.54, 1.807) is 0 Å². The molecule has 0 spiro atoms. The summed E-state index contributed by atoms with van der Waals surface area (Å²) >= 11 is 3.22. The lowest BCUT2D eigenvalue weighted by molar-refractivity contribution is -0.141. The van der Waals surface area contributed by atoms with Crippen LogP contribution < -0.4 is 0 Å². The van der Waals surface area contributed by atoms with Gasteiger partial charge in [-0.25, -0.2) is 4.39 Å². The molecule has 116 valence electrons. The number of nitrogens with zero attached hydrogens (tertiary/aromatic N) is 2. The van der Waals surface area contributed by atoms with Gasteiger partial charge in [-0.3, -0.25) is 9.69 Å². The van der Waals surface area contributed by atoms with Crippen LogP contribution in [0.15, 0.2) is 22.7 Å². The van der Waals surface area contributed by atoms with E-state index in [2.05, 4.69) is 30.5 Å². The van der Waals surface area contributed by atoms with Gasteiger partial charge in [-0.2, -0.15) is 0 Å². The highest BCUT2D eigenvalue weighted by molar-refractivity contribution is 9.10. The van der Waals surface area contributed by atoms with E-state index in [-0.39, 0.29) is 11.8 Å². The summed E-state index contributed by atoms with van der Waals surface area (Å²) in [6, 6.07) is 5.15. The molecule has 0 atom stereocenters. The van der Waals surface area contributed by atoms with Gasteiger partial charge in [0.25, 0.3) is 0 Å². The molecule has 0 aromatic heterocycles. The smallest absolute Gasteiger partial charge is 0.306 e. The standard InChI is InChI=1S/C15H20BrFN2O2/c1-21-15(20)4-5-18-6-8-19(9-7-18)11-12-2-3-14(17)13(16)10-12/h2-3,10H,4-9,11H2,1H3. The Balaban J connectivity index is 1.76. The number of rotatable bonds is 5. The number of hydrogen-bond donors (Lipinski definition) is 0. The van der Waals surface area contributed by atoms with Gasteiger partial charge in [0.2, 0.25) is 0 Å². The molecule has 0 aliphatic carbocycles. The zero-order chi connectivity index (χ0) is 15.2. The number of methoxy groups -OCH3 is 1. The highest BCUT2D eigenvalue weighted by Crippen LogP contribution is 2.18. The Morgan fingerprint density at radius 2 is 1.95 bits per heavy atom. The molecule has 1 aromatic rings.